The van der Waals surface area contributed by atoms with Crippen molar-refractivity contribution in [3.63, 3.8) is 0 Å². The monoisotopic (exact) mass is 458 g/mol. The Balaban J connectivity index is 3.05. The molecule has 0 amide bonds. The van der Waals surface area contributed by atoms with Crippen LogP contribution in [0.5, 0.6) is 5.75 Å². The van der Waals surface area contributed by atoms with Crippen LogP contribution < -0.4 is 0 Å². The second-order valence-corrected chi connectivity index (χ2v) is 5.65. The summed E-state index contributed by atoms with van der Waals surface area (Å²) in [5, 5.41) is 9.70. The van der Waals surface area contributed by atoms with Crippen LogP contribution in [0.25, 0.3) is 0 Å². The molecule has 0 heterocycles. The van der Waals surface area contributed by atoms with E-state index in [0.29, 0.717) is 3.57 Å². The summed E-state index contributed by atoms with van der Waals surface area (Å²) < 4.78 is 5.83. The number of phenolic OH excluding ortho intramolecular Hbond substituents is 1. The lowest BCUT2D eigenvalue weighted by molar-refractivity contribution is -0.133. The SMILES string of the molecule is C=C(C)C(=O)OC(=O)c1cc(I)cc(I)c1O. The van der Waals surface area contributed by atoms with E-state index in [4.69, 9.17) is 0 Å². The molecule has 1 aromatic rings. The maximum absolute atomic E-state index is 11.6. The second kappa shape index (κ2) is 5.80. The number of aromatic hydroxyl groups is 1. The summed E-state index contributed by atoms with van der Waals surface area (Å²) in [6, 6.07) is 3.15. The molecule has 4 nitrogen and oxygen atoms in total. The minimum absolute atomic E-state index is 0.0316. The Hall–Kier alpha value is -0.640. The number of ether oxygens (including phenoxy) is 1. The van der Waals surface area contributed by atoms with E-state index in [9.17, 15) is 14.7 Å². The Labute approximate surface area is 125 Å². The van der Waals surface area contributed by atoms with Gasteiger partial charge in [0.1, 0.15) is 11.3 Å². The van der Waals surface area contributed by atoms with Crippen LogP contribution in [0.1, 0.15) is 17.3 Å². The van der Waals surface area contributed by atoms with E-state index < -0.39 is 11.9 Å². The first-order valence-corrected chi connectivity index (χ1v) is 6.58. The molecule has 6 heteroatoms. The van der Waals surface area contributed by atoms with Crippen molar-refractivity contribution in [1.82, 2.24) is 0 Å². The third-order valence-corrected chi connectivity index (χ3v) is 3.23. The smallest absolute Gasteiger partial charge is 0.349 e. The molecule has 0 spiro atoms. The van der Waals surface area contributed by atoms with Gasteiger partial charge in [0.05, 0.1) is 3.57 Å². The molecule has 0 aromatic heterocycles. The molecule has 0 bridgehead atoms. The van der Waals surface area contributed by atoms with Gasteiger partial charge in [-0.3, -0.25) is 0 Å². The number of esters is 2. The summed E-state index contributed by atoms with van der Waals surface area (Å²) in [4.78, 5) is 22.8. The first-order valence-electron chi connectivity index (χ1n) is 4.43. The van der Waals surface area contributed by atoms with E-state index in [1.54, 1.807) is 6.07 Å². The highest BCUT2D eigenvalue weighted by Crippen LogP contribution is 2.27. The lowest BCUT2D eigenvalue weighted by Crippen LogP contribution is -2.13. The molecule has 0 radical (unpaired) electrons. The van der Waals surface area contributed by atoms with Gasteiger partial charge in [0.15, 0.2) is 0 Å². The molecule has 1 aromatic carbocycles. The second-order valence-electron chi connectivity index (χ2n) is 3.24. The number of phenols is 1. The molecule has 0 unspecified atom stereocenters. The van der Waals surface area contributed by atoms with Crippen LogP contribution in [0.4, 0.5) is 0 Å². The Morgan fingerprint density at radius 1 is 1.35 bits per heavy atom. The van der Waals surface area contributed by atoms with Crippen molar-refractivity contribution in [3.05, 3.63) is 37.0 Å². The predicted octanol–water partition coefficient (Wildman–Crippen LogP) is 2.86. The van der Waals surface area contributed by atoms with Crippen molar-refractivity contribution in [1.29, 1.82) is 0 Å². The first-order chi connectivity index (χ1) is 7.82. The van der Waals surface area contributed by atoms with E-state index in [1.165, 1.54) is 13.0 Å². The fourth-order valence-corrected chi connectivity index (χ4v) is 2.79. The number of carbonyl (C=O) groups is 2. The van der Waals surface area contributed by atoms with E-state index in [0.717, 1.165) is 3.57 Å². The summed E-state index contributed by atoms with van der Waals surface area (Å²) in [7, 11) is 0. The maximum atomic E-state index is 11.6. The highest BCUT2D eigenvalue weighted by Gasteiger charge is 2.19. The van der Waals surface area contributed by atoms with Crippen LogP contribution in [0.3, 0.4) is 0 Å². The number of hydrogen-bond acceptors (Lipinski definition) is 4. The molecule has 1 N–H and O–H groups in total. The van der Waals surface area contributed by atoms with Crippen molar-refractivity contribution in [2.45, 2.75) is 6.92 Å². The molecular formula is C11H8I2O4. The average Bonchev–Trinajstić information content (AvgIpc) is 2.22. The standard InChI is InChI=1S/C11H8I2O4/c1-5(2)10(15)17-11(16)7-3-6(12)4-8(13)9(7)14/h3-4,14H,1H2,2H3. The van der Waals surface area contributed by atoms with Crippen LogP contribution in [0.15, 0.2) is 24.3 Å². The van der Waals surface area contributed by atoms with E-state index in [2.05, 4.69) is 11.3 Å². The molecule has 0 saturated carbocycles. The number of halogens is 2. The molecule has 1 rings (SSSR count). The molecule has 17 heavy (non-hydrogen) atoms. The molecule has 0 atom stereocenters. The third-order valence-electron chi connectivity index (χ3n) is 1.78. The number of rotatable bonds is 2. The Morgan fingerprint density at radius 3 is 2.47 bits per heavy atom. The molecule has 0 aliphatic heterocycles. The highest BCUT2D eigenvalue weighted by molar-refractivity contribution is 14.1. The lowest BCUT2D eigenvalue weighted by atomic mass is 10.2. The van der Waals surface area contributed by atoms with Gasteiger partial charge < -0.3 is 9.84 Å². The highest BCUT2D eigenvalue weighted by atomic mass is 127. The van der Waals surface area contributed by atoms with Crippen LogP contribution >= 0.6 is 45.2 Å². The Bertz CT molecular complexity index is 508. The van der Waals surface area contributed by atoms with Crippen LogP contribution in [-0.2, 0) is 9.53 Å². The van der Waals surface area contributed by atoms with Gasteiger partial charge in [-0.25, -0.2) is 9.59 Å². The zero-order valence-electron chi connectivity index (χ0n) is 8.79. The van der Waals surface area contributed by atoms with Gasteiger partial charge in [-0.2, -0.15) is 0 Å². The molecule has 0 saturated heterocycles. The Morgan fingerprint density at radius 2 is 1.94 bits per heavy atom. The molecule has 0 aliphatic rings. The largest absolute Gasteiger partial charge is 0.506 e. The van der Waals surface area contributed by atoms with Crippen LogP contribution in [0, 0.1) is 7.14 Å². The van der Waals surface area contributed by atoms with Gasteiger partial charge in [-0.1, -0.05) is 6.58 Å². The van der Waals surface area contributed by atoms with Crippen LogP contribution in [0.2, 0.25) is 0 Å². The van der Waals surface area contributed by atoms with Crippen molar-refractivity contribution in [2.75, 3.05) is 0 Å². The summed E-state index contributed by atoms with van der Waals surface area (Å²) in [6.07, 6.45) is 0. The summed E-state index contributed by atoms with van der Waals surface area (Å²) in [5.41, 5.74) is 0.0917. The minimum atomic E-state index is -0.882. The van der Waals surface area contributed by atoms with Crippen molar-refractivity contribution in [3.8, 4) is 5.75 Å². The number of hydrogen-bond donors (Lipinski definition) is 1. The van der Waals surface area contributed by atoms with Gasteiger partial charge in [-0.05, 0) is 64.2 Å². The topological polar surface area (TPSA) is 63.6 Å². The molecular weight excluding hydrogens is 450 g/mol. The summed E-state index contributed by atoms with van der Waals surface area (Å²) >= 11 is 3.89. The molecule has 0 aliphatic carbocycles. The van der Waals surface area contributed by atoms with Crippen molar-refractivity contribution >= 4 is 57.1 Å². The Kier molecular flexibility index (Phi) is 4.92. The van der Waals surface area contributed by atoms with Gasteiger partial charge >= 0.3 is 11.9 Å². The molecule has 90 valence electrons. The fraction of sp³-hybridized carbons (Fsp3) is 0.0909. The fourth-order valence-electron chi connectivity index (χ4n) is 0.948. The summed E-state index contributed by atoms with van der Waals surface area (Å²) in [5.74, 6) is -1.87. The van der Waals surface area contributed by atoms with Crippen molar-refractivity contribution in [2.24, 2.45) is 0 Å². The molecule has 0 fully saturated rings. The van der Waals surface area contributed by atoms with Crippen molar-refractivity contribution < 1.29 is 19.4 Å². The van der Waals surface area contributed by atoms with Gasteiger partial charge in [0.2, 0.25) is 0 Å². The third kappa shape index (κ3) is 3.66. The van der Waals surface area contributed by atoms with Gasteiger partial charge in [0, 0.05) is 9.14 Å². The number of carbonyl (C=O) groups excluding carboxylic acids is 2. The quantitative estimate of drug-likeness (QED) is 0.321. The summed E-state index contributed by atoms with van der Waals surface area (Å²) in [6.45, 7) is 4.81. The number of benzene rings is 1. The normalized spacial score (nSPS) is 9.82. The first kappa shape index (κ1) is 14.4. The van der Waals surface area contributed by atoms with E-state index >= 15 is 0 Å². The maximum Gasteiger partial charge on any atom is 0.349 e. The van der Waals surface area contributed by atoms with E-state index in [1.807, 2.05) is 45.2 Å². The lowest BCUT2D eigenvalue weighted by Gasteiger charge is -2.06. The zero-order chi connectivity index (χ0) is 13.2. The van der Waals surface area contributed by atoms with E-state index in [-0.39, 0.29) is 16.9 Å². The predicted molar refractivity (Wildman–Crippen MR) is 78.8 cm³/mol. The van der Waals surface area contributed by atoms with Gasteiger partial charge in [-0.15, -0.1) is 0 Å². The van der Waals surface area contributed by atoms with Crippen LogP contribution in [-0.4, -0.2) is 17.0 Å². The zero-order valence-corrected chi connectivity index (χ0v) is 13.1. The minimum Gasteiger partial charge on any atom is -0.506 e. The average molecular weight is 458 g/mol. The van der Waals surface area contributed by atoms with Gasteiger partial charge in [0.25, 0.3) is 0 Å².